The molecule has 1 unspecified atom stereocenters. The molecule has 138 valence electrons. The van der Waals surface area contributed by atoms with Gasteiger partial charge in [0.05, 0.1) is 6.61 Å². The quantitative estimate of drug-likeness (QED) is 0.796. The van der Waals surface area contributed by atoms with Gasteiger partial charge in [0, 0.05) is 30.8 Å². The number of aryl methyl sites for hydroxylation is 1. The zero-order valence-electron chi connectivity index (χ0n) is 14.9. The first-order chi connectivity index (χ1) is 12.6. The van der Waals surface area contributed by atoms with E-state index in [1.807, 2.05) is 30.0 Å². The molecule has 1 aliphatic heterocycles. The molecule has 1 aromatic heterocycles. The van der Waals surface area contributed by atoms with Gasteiger partial charge in [0.25, 0.3) is 5.91 Å². The van der Waals surface area contributed by atoms with E-state index in [0.29, 0.717) is 24.8 Å². The molecule has 0 bridgehead atoms. The van der Waals surface area contributed by atoms with E-state index in [2.05, 4.69) is 4.98 Å². The molecule has 1 fully saturated rings. The van der Waals surface area contributed by atoms with E-state index >= 15 is 0 Å². The molecule has 0 saturated carbocycles. The summed E-state index contributed by atoms with van der Waals surface area (Å²) in [6, 6.07) is 11.3. The van der Waals surface area contributed by atoms with Gasteiger partial charge in [-0.3, -0.25) is 4.79 Å². The van der Waals surface area contributed by atoms with Crippen molar-refractivity contribution >= 4 is 5.91 Å². The van der Waals surface area contributed by atoms with Crippen LogP contribution in [0.1, 0.15) is 18.5 Å². The Labute approximate surface area is 152 Å². The molecule has 5 nitrogen and oxygen atoms in total. The molecule has 2 aromatic rings. The number of pyridine rings is 1. The zero-order valence-corrected chi connectivity index (χ0v) is 14.9. The van der Waals surface area contributed by atoms with Gasteiger partial charge in [-0.2, -0.15) is 0 Å². The number of carbonyl (C=O) groups excluding carboxylic acids is 1. The predicted molar refractivity (Wildman–Crippen MR) is 95.7 cm³/mol. The second kappa shape index (κ2) is 8.65. The lowest BCUT2D eigenvalue weighted by Gasteiger charge is -2.32. The smallest absolute Gasteiger partial charge is 0.260 e. The van der Waals surface area contributed by atoms with Gasteiger partial charge in [-0.05, 0) is 50.1 Å². The summed E-state index contributed by atoms with van der Waals surface area (Å²) in [6.07, 6.45) is 1.96. The van der Waals surface area contributed by atoms with Crippen molar-refractivity contribution in [1.29, 1.82) is 0 Å². The van der Waals surface area contributed by atoms with Gasteiger partial charge in [0.1, 0.15) is 11.6 Å². The first-order valence-electron chi connectivity index (χ1n) is 8.83. The van der Waals surface area contributed by atoms with Crippen LogP contribution in [0.3, 0.4) is 0 Å². The molecule has 0 aliphatic carbocycles. The molecule has 1 amide bonds. The van der Waals surface area contributed by atoms with Crippen molar-refractivity contribution < 1.29 is 18.7 Å². The highest BCUT2D eigenvalue weighted by molar-refractivity contribution is 5.77. The summed E-state index contributed by atoms with van der Waals surface area (Å²) >= 11 is 0. The number of ether oxygens (including phenoxy) is 2. The monoisotopic (exact) mass is 358 g/mol. The van der Waals surface area contributed by atoms with Crippen LogP contribution in [0.25, 0.3) is 0 Å². The van der Waals surface area contributed by atoms with Crippen molar-refractivity contribution in [2.24, 2.45) is 5.92 Å². The van der Waals surface area contributed by atoms with Gasteiger partial charge in [-0.15, -0.1) is 0 Å². The minimum Gasteiger partial charge on any atom is -0.484 e. The van der Waals surface area contributed by atoms with Gasteiger partial charge in [0.2, 0.25) is 5.88 Å². The van der Waals surface area contributed by atoms with Crippen molar-refractivity contribution in [3.63, 3.8) is 0 Å². The van der Waals surface area contributed by atoms with E-state index in [1.54, 1.807) is 0 Å². The standard InChI is InChI=1S/C20H23FN2O3/c1-15-4-2-6-19(22-15)26-13-16-5-3-11-23(12-16)20(24)14-25-18-9-7-17(21)8-10-18/h2,4,6-10,16H,3,5,11-14H2,1H3. The number of hydrogen-bond donors (Lipinski definition) is 0. The Balaban J connectivity index is 1.46. The van der Waals surface area contributed by atoms with Crippen LogP contribution in [0.2, 0.25) is 0 Å². The first-order valence-corrected chi connectivity index (χ1v) is 8.83. The topological polar surface area (TPSA) is 51.7 Å². The Kier molecular flexibility index (Phi) is 6.04. The van der Waals surface area contributed by atoms with Crippen molar-refractivity contribution in [3.8, 4) is 11.6 Å². The van der Waals surface area contributed by atoms with Gasteiger partial charge in [0.15, 0.2) is 6.61 Å². The van der Waals surface area contributed by atoms with Crippen molar-refractivity contribution in [2.45, 2.75) is 19.8 Å². The lowest BCUT2D eigenvalue weighted by molar-refractivity contribution is -0.135. The molecule has 0 N–H and O–H groups in total. The SMILES string of the molecule is Cc1cccc(OCC2CCCN(C(=O)COc3ccc(F)cc3)C2)n1. The molecule has 6 heteroatoms. The van der Waals surface area contributed by atoms with Crippen molar-refractivity contribution in [2.75, 3.05) is 26.3 Å². The van der Waals surface area contributed by atoms with Crippen molar-refractivity contribution in [3.05, 3.63) is 54.0 Å². The number of nitrogens with zero attached hydrogens (tertiary/aromatic N) is 2. The third-order valence-electron chi connectivity index (χ3n) is 4.38. The van der Waals surface area contributed by atoms with E-state index in [9.17, 15) is 9.18 Å². The Morgan fingerprint density at radius 1 is 1.23 bits per heavy atom. The third-order valence-corrected chi connectivity index (χ3v) is 4.38. The molecule has 26 heavy (non-hydrogen) atoms. The van der Waals surface area contributed by atoms with Crippen LogP contribution in [0.4, 0.5) is 4.39 Å². The summed E-state index contributed by atoms with van der Waals surface area (Å²) in [7, 11) is 0. The number of halogens is 1. The predicted octanol–water partition coefficient (Wildman–Crippen LogP) is 3.23. The number of carbonyl (C=O) groups is 1. The number of amides is 1. The molecule has 1 atom stereocenters. The zero-order chi connectivity index (χ0) is 18.4. The minimum atomic E-state index is -0.328. The summed E-state index contributed by atoms with van der Waals surface area (Å²) in [6.45, 7) is 3.80. The Bertz CT molecular complexity index is 736. The maximum Gasteiger partial charge on any atom is 0.260 e. The second-order valence-corrected chi connectivity index (χ2v) is 6.52. The van der Waals surface area contributed by atoms with Crippen LogP contribution in [-0.2, 0) is 4.79 Å². The summed E-state index contributed by atoms with van der Waals surface area (Å²) in [5.41, 5.74) is 0.917. The summed E-state index contributed by atoms with van der Waals surface area (Å²) in [5, 5.41) is 0. The molecular formula is C20H23FN2O3. The molecule has 2 heterocycles. The summed E-state index contributed by atoms with van der Waals surface area (Å²) in [5.74, 6) is 0.995. The first kappa shape index (κ1) is 18.2. The van der Waals surface area contributed by atoms with Crippen LogP contribution in [0.15, 0.2) is 42.5 Å². The lowest BCUT2D eigenvalue weighted by Crippen LogP contribution is -2.43. The fourth-order valence-electron chi connectivity index (χ4n) is 3.00. The fourth-order valence-corrected chi connectivity index (χ4v) is 3.00. The normalized spacial score (nSPS) is 17.0. The fraction of sp³-hybridized carbons (Fsp3) is 0.400. The highest BCUT2D eigenvalue weighted by atomic mass is 19.1. The van der Waals surface area contributed by atoms with E-state index in [4.69, 9.17) is 9.47 Å². The number of benzene rings is 1. The second-order valence-electron chi connectivity index (χ2n) is 6.52. The summed E-state index contributed by atoms with van der Waals surface area (Å²) < 4.78 is 24.1. The maximum absolute atomic E-state index is 12.9. The molecule has 1 aromatic carbocycles. The van der Waals surface area contributed by atoms with Crippen LogP contribution in [0.5, 0.6) is 11.6 Å². The molecule has 0 radical (unpaired) electrons. The largest absolute Gasteiger partial charge is 0.484 e. The maximum atomic E-state index is 12.9. The molecule has 1 saturated heterocycles. The number of aromatic nitrogens is 1. The molecule has 0 spiro atoms. The lowest BCUT2D eigenvalue weighted by atomic mass is 9.99. The van der Waals surface area contributed by atoms with Crippen LogP contribution < -0.4 is 9.47 Å². The van der Waals surface area contributed by atoms with Crippen LogP contribution in [0, 0.1) is 18.7 Å². The Morgan fingerprint density at radius 2 is 2.04 bits per heavy atom. The number of hydrogen-bond acceptors (Lipinski definition) is 4. The van der Waals surface area contributed by atoms with Gasteiger partial charge < -0.3 is 14.4 Å². The van der Waals surface area contributed by atoms with E-state index < -0.39 is 0 Å². The summed E-state index contributed by atoms with van der Waals surface area (Å²) in [4.78, 5) is 18.5. The van der Waals surface area contributed by atoms with Gasteiger partial charge >= 0.3 is 0 Å². The number of likely N-dealkylation sites (tertiary alicyclic amines) is 1. The van der Waals surface area contributed by atoms with E-state index in [0.717, 1.165) is 25.1 Å². The van der Waals surface area contributed by atoms with Gasteiger partial charge in [-0.1, -0.05) is 6.07 Å². The Morgan fingerprint density at radius 3 is 2.81 bits per heavy atom. The third kappa shape index (κ3) is 5.18. The van der Waals surface area contributed by atoms with Crippen LogP contribution >= 0.6 is 0 Å². The average Bonchev–Trinajstić information content (AvgIpc) is 2.66. The number of rotatable bonds is 6. The Hall–Kier alpha value is -2.63. The molecule has 1 aliphatic rings. The molecular weight excluding hydrogens is 335 g/mol. The number of piperidine rings is 1. The highest BCUT2D eigenvalue weighted by Gasteiger charge is 2.24. The van der Waals surface area contributed by atoms with E-state index in [-0.39, 0.29) is 24.2 Å². The molecule has 3 rings (SSSR count). The minimum absolute atomic E-state index is 0.0430. The van der Waals surface area contributed by atoms with Crippen LogP contribution in [-0.4, -0.2) is 42.1 Å². The van der Waals surface area contributed by atoms with Gasteiger partial charge in [-0.25, -0.2) is 9.37 Å². The average molecular weight is 358 g/mol. The highest BCUT2D eigenvalue weighted by Crippen LogP contribution is 2.19. The van der Waals surface area contributed by atoms with Crippen molar-refractivity contribution in [1.82, 2.24) is 9.88 Å². The van der Waals surface area contributed by atoms with E-state index in [1.165, 1.54) is 24.3 Å².